The van der Waals surface area contributed by atoms with Gasteiger partial charge in [0.2, 0.25) is 5.78 Å². The molecule has 0 saturated carbocycles. The fourth-order valence-electron chi connectivity index (χ4n) is 2.07. The third kappa shape index (κ3) is 2.50. The molecule has 0 N–H and O–H groups in total. The van der Waals surface area contributed by atoms with Gasteiger partial charge in [0, 0.05) is 16.0 Å². The molecule has 0 aliphatic rings. The van der Waals surface area contributed by atoms with Gasteiger partial charge in [-0.3, -0.25) is 4.79 Å². The Morgan fingerprint density at radius 3 is 2.76 bits per heavy atom. The number of rotatable bonds is 3. The molecule has 0 aliphatic carbocycles. The first-order valence-electron chi connectivity index (χ1n) is 6.16. The predicted octanol–water partition coefficient (Wildman–Crippen LogP) is 4.46. The van der Waals surface area contributed by atoms with Gasteiger partial charge in [0.1, 0.15) is 5.58 Å². The van der Waals surface area contributed by atoms with Crippen LogP contribution in [0, 0.1) is 5.82 Å². The summed E-state index contributed by atoms with van der Waals surface area (Å²) >= 11 is 5.90. The van der Waals surface area contributed by atoms with Crippen LogP contribution in [0.1, 0.15) is 16.1 Å². The van der Waals surface area contributed by atoms with E-state index in [-0.39, 0.29) is 17.3 Å². The van der Waals surface area contributed by atoms with E-state index in [1.807, 2.05) is 0 Å². The summed E-state index contributed by atoms with van der Waals surface area (Å²) in [7, 11) is 1.34. The molecule has 0 unspecified atom stereocenters. The van der Waals surface area contributed by atoms with Gasteiger partial charge in [-0.25, -0.2) is 4.39 Å². The molecule has 1 aromatic heterocycles. The highest BCUT2D eigenvalue weighted by Crippen LogP contribution is 2.26. The van der Waals surface area contributed by atoms with E-state index in [4.69, 9.17) is 20.8 Å². The van der Waals surface area contributed by atoms with Crippen molar-refractivity contribution in [2.75, 3.05) is 7.11 Å². The van der Waals surface area contributed by atoms with Gasteiger partial charge in [-0.2, -0.15) is 0 Å². The van der Waals surface area contributed by atoms with Crippen molar-refractivity contribution in [1.29, 1.82) is 0 Å². The van der Waals surface area contributed by atoms with E-state index < -0.39 is 5.82 Å². The smallest absolute Gasteiger partial charge is 0.228 e. The van der Waals surface area contributed by atoms with Crippen molar-refractivity contribution >= 4 is 28.4 Å². The summed E-state index contributed by atoms with van der Waals surface area (Å²) in [6.07, 6.45) is 0. The molecule has 3 rings (SSSR count). The zero-order valence-electron chi connectivity index (χ0n) is 11.0. The van der Waals surface area contributed by atoms with E-state index in [2.05, 4.69) is 0 Å². The number of carbonyl (C=O) groups is 1. The van der Waals surface area contributed by atoms with E-state index in [0.29, 0.717) is 16.2 Å². The Bertz CT molecular complexity index is 839. The Hall–Kier alpha value is -2.33. The number of ether oxygens (including phenoxy) is 1. The van der Waals surface area contributed by atoms with Crippen LogP contribution in [0.3, 0.4) is 0 Å². The van der Waals surface area contributed by atoms with Gasteiger partial charge in [0.15, 0.2) is 17.3 Å². The number of hydrogen-bond acceptors (Lipinski definition) is 3. The van der Waals surface area contributed by atoms with Crippen LogP contribution in [0.15, 0.2) is 46.9 Å². The Kier molecular flexibility index (Phi) is 3.39. The third-order valence-electron chi connectivity index (χ3n) is 3.12. The van der Waals surface area contributed by atoms with E-state index in [1.165, 1.54) is 25.3 Å². The number of fused-ring (bicyclic) bond motifs is 1. The summed E-state index contributed by atoms with van der Waals surface area (Å²) in [6, 6.07) is 10.6. The Balaban J connectivity index is 2.03. The molecule has 0 aliphatic heterocycles. The lowest BCUT2D eigenvalue weighted by atomic mass is 10.1. The summed E-state index contributed by atoms with van der Waals surface area (Å²) < 4.78 is 23.7. The van der Waals surface area contributed by atoms with Crippen molar-refractivity contribution in [1.82, 2.24) is 0 Å². The number of methoxy groups -OCH3 is 1. The molecule has 0 atom stereocenters. The molecule has 5 heteroatoms. The Morgan fingerprint density at radius 2 is 2.00 bits per heavy atom. The first-order valence-corrected chi connectivity index (χ1v) is 6.53. The molecular weight excluding hydrogens is 295 g/mol. The molecule has 0 bridgehead atoms. The van der Waals surface area contributed by atoms with Gasteiger partial charge in [0.25, 0.3) is 0 Å². The first kappa shape index (κ1) is 13.6. The number of benzene rings is 2. The van der Waals surface area contributed by atoms with Crippen molar-refractivity contribution < 1.29 is 18.3 Å². The minimum atomic E-state index is -0.523. The standard InChI is InChI=1S/C16H10ClFO3/c1-20-14-7-9(2-4-12(14)18)16(19)15-8-10-6-11(17)3-5-13(10)21-15/h2-8H,1H3. The monoisotopic (exact) mass is 304 g/mol. The highest BCUT2D eigenvalue weighted by molar-refractivity contribution is 6.31. The molecule has 3 nitrogen and oxygen atoms in total. The van der Waals surface area contributed by atoms with Gasteiger partial charge in [-0.1, -0.05) is 11.6 Å². The molecule has 2 aromatic carbocycles. The van der Waals surface area contributed by atoms with Crippen LogP contribution in [0.5, 0.6) is 5.75 Å². The van der Waals surface area contributed by atoms with Gasteiger partial charge in [-0.05, 0) is 42.5 Å². The molecular formula is C16H10ClFO3. The van der Waals surface area contributed by atoms with Crippen LogP contribution in [0.25, 0.3) is 11.0 Å². The predicted molar refractivity (Wildman–Crippen MR) is 77.6 cm³/mol. The normalized spacial score (nSPS) is 10.8. The largest absolute Gasteiger partial charge is 0.494 e. The van der Waals surface area contributed by atoms with Crippen LogP contribution in [0.4, 0.5) is 4.39 Å². The van der Waals surface area contributed by atoms with E-state index in [9.17, 15) is 9.18 Å². The second-order valence-electron chi connectivity index (χ2n) is 4.47. The Labute approximate surface area is 124 Å². The third-order valence-corrected chi connectivity index (χ3v) is 3.35. The van der Waals surface area contributed by atoms with Crippen molar-refractivity contribution in [3.05, 3.63) is 64.6 Å². The van der Waals surface area contributed by atoms with Crippen molar-refractivity contribution in [2.45, 2.75) is 0 Å². The van der Waals surface area contributed by atoms with Crippen molar-refractivity contribution in [3.63, 3.8) is 0 Å². The van der Waals surface area contributed by atoms with E-state index in [0.717, 1.165) is 5.39 Å². The lowest BCUT2D eigenvalue weighted by Gasteiger charge is -2.03. The lowest BCUT2D eigenvalue weighted by Crippen LogP contribution is -2.01. The van der Waals surface area contributed by atoms with Crippen LogP contribution in [0.2, 0.25) is 5.02 Å². The highest BCUT2D eigenvalue weighted by atomic mass is 35.5. The second kappa shape index (κ2) is 5.22. The fraction of sp³-hybridized carbons (Fsp3) is 0.0625. The fourth-order valence-corrected chi connectivity index (χ4v) is 2.25. The molecule has 0 spiro atoms. The van der Waals surface area contributed by atoms with Gasteiger partial charge in [-0.15, -0.1) is 0 Å². The van der Waals surface area contributed by atoms with Crippen molar-refractivity contribution in [2.24, 2.45) is 0 Å². The molecule has 3 aromatic rings. The minimum Gasteiger partial charge on any atom is -0.494 e. The number of ketones is 1. The Morgan fingerprint density at radius 1 is 1.19 bits per heavy atom. The quantitative estimate of drug-likeness (QED) is 0.670. The zero-order chi connectivity index (χ0) is 15.0. The summed E-state index contributed by atoms with van der Waals surface area (Å²) in [6.45, 7) is 0. The van der Waals surface area contributed by atoms with Crippen molar-refractivity contribution in [3.8, 4) is 5.75 Å². The molecule has 0 amide bonds. The number of halogens is 2. The summed E-state index contributed by atoms with van der Waals surface area (Å²) in [5.41, 5.74) is 0.857. The topological polar surface area (TPSA) is 39.4 Å². The highest BCUT2D eigenvalue weighted by Gasteiger charge is 2.16. The summed E-state index contributed by atoms with van der Waals surface area (Å²) in [5, 5.41) is 1.30. The molecule has 21 heavy (non-hydrogen) atoms. The average Bonchev–Trinajstić information content (AvgIpc) is 2.90. The molecule has 0 saturated heterocycles. The second-order valence-corrected chi connectivity index (χ2v) is 4.91. The maximum absolute atomic E-state index is 13.4. The molecule has 1 heterocycles. The van der Waals surface area contributed by atoms with Gasteiger partial charge < -0.3 is 9.15 Å². The molecule has 0 fully saturated rings. The van der Waals surface area contributed by atoms with Crippen LogP contribution in [-0.4, -0.2) is 12.9 Å². The summed E-state index contributed by atoms with van der Waals surface area (Å²) in [4.78, 5) is 12.4. The zero-order valence-corrected chi connectivity index (χ0v) is 11.8. The maximum Gasteiger partial charge on any atom is 0.228 e. The van der Waals surface area contributed by atoms with Gasteiger partial charge in [0.05, 0.1) is 7.11 Å². The molecule has 106 valence electrons. The van der Waals surface area contributed by atoms with Crippen LogP contribution < -0.4 is 4.74 Å². The van der Waals surface area contributed by atoms with Gasteiger partial charge >= 0.3 is 0 Å². The maximum atomic E-state index is 13.4. The number of hydrogen-bond donors (Lipinski definition) is 0. The van der Waals surface area contributed by atoms with Crippen LogP contribution in [-0.2, 0) is 0 Å². The van der Waals surface area contributed by atoms with E-state index in [1.54, 1.807) is 24.3 Å². The average molecular weight is 305 g/mol. The lowest BCUT2D eigenvalue weighted by molar-refractivity contribution is 0.101. The SMILES string of the molecule is COc1cc(C(=O)c2cc3cc(Cl)ccc3o2)ccc1F. The van der Waals surface area contributed by atoms with Crippen LogP contribution >= 0.6 is 11.6 Å². The summed E-state index contributed by atoms with van der Waals surface area (Å²) in [5.74, 6) is -0.688. The number of furan rings is 1. The van der Waals surface area contributed by atoms with E-state index >= 15 is 0 Å². The minimum absolute atomic E-state index is 0.0139. The molecule has 0 radical (unpaired) electrons. The number of carbonyl (C=O) groups excluding carboxylic acids is 1. The first-order chi connectivity index (χ1) is 10.1.